The molecule has 2 aliphatic rings. The van der Waals surface area contributed by atoms with Crippen LogP contribution < -0.4 is 5.32 Å². The fraction of sp³-hybridized carbons (Fsp3) is 0.733. The molecule has 0 radical (unpaired) electrons. The standard InChI is InChI=1S/C15H24N2O/c1-2-14-4-3-7-17(14)10-15-8-12(11-18-15)9-16-13-5-6-13/h8,11,13-14,16H,2-7,9-10H2,1H3. The Morgan fingerprint density at radius 1 is 1.39 bits per heavy atom. The minimum absolute atomic E-state index is 0.767. The van der Waals surface area contributed by atoms with Gasteiger partial charge in [-0.1, -0.05) is 6.92 Å². The third kappa shape index (κ3) is 2.96. The van der Waals surface area contributed by atoms with E-state index < -0.39 is 0 Å². The first-order valence-corrected chi connectivity index (χ1v) is 7.39. The summed E-state index contributed by atoms with van der Waals surface area (Å²) in [7, 11) is 0. The molecule has 1 N–H and O–H groups in total. The molecule has 0 bridgehead atoms. The zero-order chi connectivity index (χ0) is 12.4. The summed E-state index contributed by atoms with van der Waals surface area (Å²) in [5, 5.41) is 3.53. The highest BCUT2D eigenvalue weighted by molar-refractivity contribution is 5.13. The highest BCUT2D eigenvalue weighted by Crippen LogP contribution is 2.23. The van der Waals surface area contributed by atoms with E-state index in [0.717, 1.165) is 30.9 Å². The molecule has 1 atom stereocenters. The van der Waals surface area contributed by atoms with E-state index in [1.165, 1.54) is 44.2 Å². The van der Waals surface area contributed by atoms with E-state index >= 15 is 0 Å². The summed E-state index contributed by atoms with van der Waals surface area (Å²) in [6.45, 7) is 5.47. The Kier molecular flexibility index (Phi) is 3.71. The molecule has 0 spiro atoms. The summed E-state index contributed by atoms with van der Waals surface area (Å²) in [5.41, 5.74) is 1.30. The monoisotopic (exact) mass is 248 g/mol. The lowest BCUT2D eigenvalue weighted by molar-refractivity contribution is 0.221. The number of hydrogen-bond acceptors (Lipinski definition) is 3. The van der Waals surface area contributed by atoms with Crippen molar-refractivity contribution >= 4 is 0 Å². The maximum Gasteiger partial charge on any atom is 0.118 e. The van der Waals surface area contributed by atoms with Gasteiger partial charge in [-0.15, -0.1) is 0 Å². The molecular weight excluding hydrogens is 224 g/mol. The zero-order valence-electron chi connectivity index (χ0n) is 11.3. The summed E-state index contributed by atoms with van der Waals surface area (Å²) in [6, 6.07) is 3.76. The van der Waals surface area contributed by atoms with Crippen molar-refractivity contribution in [2.24, 2.45) is 0 Å². The van der Waals surface area contributed by atoms with Crippen LogP contribution in [0.1, 0.15) is 50.4 Å². The van der Waals surface area contributed by atoms with Gasteiger partial charge in [0.25, 0.3) is 0 Å². The van der Waals surface area contributed by atoms with Crippen LogP contribution in [0.3, 0.4) is 0 Å². The van der Waals surface area contributed by atoms with Crippen LogP contribution in [0, 0.1) is 0 Å². The molecule has 2 fully saturated rings. The number of nitrogens with one attached hydrogen (secondary N) is 1. The second kappa shape index (κ2) is 5.45. The Balaban J connectivity index is 1.52. The lowest BCUT2D eigenvalue weighted by Gasteiger charge is -2.21. The Morgan fingerprint density at radius 2 is 2.28 bits per heavy atom. The van der Waals surface area contributed by atoms with Gasteiger partial charge >= 0.3 is 0 Å². The highest BCUT2D eigenvalue weighted by Gasteiger charge is 2.24. The molecule has 100 valence electrons. The van der Waals surface area contributed by atoms with Crippen molar-refractivity contribution in [3.05, 3.63) is 23.7 Å². The van der Waals surface area contributed by atoms with Gasteiger partial charge in [-0.2, -0.15) is 0 Å². The largest absolute Gasteiger partial charge is 0.468 e. The van der Waals surface area contributed by atoms with E-state index in [1.54, 1.807) is 0 Å². The van der Waals surface area contributed by atoms with Crippen LogP contribution >= 0.6 is 0 Å². The van der Waals surface area contributed by atoms with Gasteiger partial charge in [0.05, 0.1) is 12.8 Å². The molecule has 2 heterocycles. The number of hydrogen-bond donors (Lipinski definition) is 1. The van der Waals surface area contributed by atoms with E-state index in [-0.39, 0.29) is 0 Å². The van der Waals surface area contributed by atoms with E-state index in [4.69, 9.17) is 4.42 Å². The Bertz CT molecular complexity index is 384. The maximum absolute atomic E-state index is 5.69. The first-order chi connectivity index (χ1) is 8.85. The first kappa shape index (κ1) is 12.2. The van der Waals surface area contributed by atoms with Gasteiger partial charge in [0.1, 0.15) is 5.76 Å². The van der Waals surface area contributed by atoms with Crippen molar-refractivity contribution in [2.45, 2.75) is 64.2 Å². The SMILES string of the molecule is CCC1CCCN1Cc1cc(CNC2CC2)co1. The van der Waals surface area contributed by atoms with Gasteiger partial charge < -0.3 is 9.73 Å². The quantitative estimate of drug-likeness (QED) is 0.839. The van der Waals surface area contributed by atoms with Crippen molar-refractivity contribution < 1.29 is 4.42 Å². The minimum Gasteiger partial charge on any atom is -0.468 e. The van der Waals surface area contributed by atoms with Gasteiger partial charge in [0.15, 0.2) is 0 Å². The molecule has 1 aromatic rings. The van der Waals surface area contributed by atoms with E-state index in [9.17, 15) is 0 Å². The fourth-order valence-corrected chi connectivity index (χ4v) is 2.92. The first-order valence-electron chi connectivity index (χ1n) is 7.39. The Morgan fingerprint density at radius 3 is 3.06 bits per heavy atom. The molecule has 3 nitrogen and oxygen atoms in total. The van der Waals surface area contributed by atoms with Crippen molar-refractivity contribution in [3.63, 3.8) is 0 Å². The van der Waals surface area contributed by atoms with Crippen LogP contribution in [0.4, 0.5) is 0 Å². The fourth-order valence-electron chi connectivity index (χ4n) is 2.92. The molecule has 3 rings (SSSR count). The average molecular weight is 248 g/mol. The summed E-state index contributed by atoms with van der Waals surface area (Å²) in [4.78, 5) is 2.57. The lowest BCUT2D eigenvalue weighted by atomic mass is 10.2. The van der Waals surface area contributed by atoms with Crippen LogP contribution in [0.15, 0.2) is 16.7 Å². The van der Waals surface area contributed by atoms with Crippen LogP contribution in [0.5, 0.6) is 0 Å². The van der Waals surface area contributed by atoms with Gasteiger partial charge in [-0.05, 0) is 44.7 Å². The predicted octanol–water partition coefficient (Wildman–Crippen LogP) is 2.91. The van der Waals surface area contributed by atoms with Crippen LogP contribution in [-0.4, -0.2) is 23.5 Å². The highest BCUT2D eigenvalue weighted by atomic mass is 16.3. The smallest absolute Gasteiger partial charge is 0.118 e. The van der Waals surface area contributed by atoms with Crippen LogP contribution in [-0.2, 0) is 13.1 Å². The molecule has 1 saturated carbocycles. The van der Waals surface area contributed by atoms with Crippen molar-refractivity contribution in [1.82, 2.24) is 10.2 Å². The molecule has 1 saturated heterocycles. The molecule has 0 aromatic carbocycles. The van der Waals surface area contributed by atoms with Crippen LogP contribution in [0.2, 0.25) is 0 Å². The summed E-state index contributed by atoms with van der Waals surface area (Å²) in [5.74, 6) is 1.13. The minimum atomic E-state index is 0.767. The molecular formula is C15H24N2O. The Hall–Kier alpha value is -0.800. The summed E-state index contributed by atoms with van der Waals surface area (Å²) < 4.78 is 5.69. The van der Waals surface area contributed by atoms with E-state index in [2.05, 4.69) is 23.2 Å². The molecule has 1 aromatic heterocycles. The molecule has 1 aliphatic heterocycles. The number of nitrogens with zero attached hydrogens (tertiary/aromatic N) is 1. The third-order valence-corrected chi connectivity index (χ3v) is 4.21. The number of likely N-dealkylation sites (tertiary alicyclic amines) is 1. The zero-order valence-corrected chi connectivity index (χ0v) is 11.3. The van der Waals surface area contributed by atoms with E-state index in [0.29, 0.717) is 0 Å². The van der Waals surface area contributed by atoms with Gasteiger partial charge in [-0.3, -0.25) is 4.90 Å². The number of furan rings is 1. The second-order valence-electron chi connectivity index (χ2n) is 5.75. The van der Waals surface area contributed by atoms with Gasteiger partial charge in [-0.25, -0.2) is 0 Å². The topological polar surface area (TPSA) is 28.4 Å². The van der Waals surface area contributed by atoms with Crippen molar-refractivity contribution in [3.8, 4) is 0 Å². The van der Waals surface area contributed by atoms with E-state index in [1.807, 2.05) is 6.26 Å². The normalized spacial score (nSPS) is 24.8. The van der Waals surface area contributed by atoms with Crippen LogP contribution in [0.25, 0.3) is 0 Å². The Labute approximate surface area is 110 Å². The second-order valence-corrected chi connectivity index (χ2v) is 5.75. The third-order valence-electron chi connectivity index (χ3n) is 4.21. The molecule has 3 heteroatoms. The summed E-state index contributed by atoms with van der Waals surface area (Å²) in [6.07, 6.45) is 8.56. The van der Waals surface area contributed by atoms with Gasteiger partial charge in [0, 0.05) is 24.2 Å². The maximum atomic E-state index is 5.69. The lowest BCUT2D eigenvalue weighted by Crippen LogP contribution is -2.27. The predicted molar refractivity (Wildman–Crippen MR) is 72.3 cm³/mol. The van der Waals surface area contributed by atoms with Crippen molar-refractivity contribution in [2.75, 3.05) is 6.54 Å². The van der Waals surface area contributed by atoms with Crippen molar-refractivity contribution in [1.29, 1.82) is 0 Å². The van der Waals surface area contributed by atoms with Gasteiger partial charge in [0.2, 0.25) is 0 Å². The molecule has 1 aliphatic carbocycles. The summed E-state index contributed by atoms with van der Waals surface area (Å²) >= 11 is 0. The number of rotatable bonds is 6. The average Bonchev–Trinajstić information content (AvgIpc) is 2.93. The molecule has 1 unspecified atom stereocenters. The molecule has 18 heavy (non-hydrogen) atoms. The molecule has 0 amide bonds.